The smallest absolute Gasteiger partial charge is 0.253 e. The number of carbonyl (C=O) groups excluding carboxylic acids is 1. The summed E-state index contributed by atoms with van der Waals surface area (Å²) in [4.78, 5) is 23.1. The number of nitrogens with zero attached hydrogens (tertiary/aromatic N) is 3. The number of methoxy groups -OCH3 is 1. The third-order valence-corrected chi connectivity index (χ3v) is 4.29. The normalized spacial score (nSPS) is 16.6. The van der Waals surface area contributed by atoms with E-state index < -0.39 is 6.10 Å². The third-order valence-electron chi connectivity index (χ3n) is 4.29. The summed E-state index contributed by atoms with van der Waals surface area (Å²) in [6.07, 6.45) is 6.34. The number of amides is 1. The second-order valence-electron chi connectivity index (χ2n) is 5.86. The van der Waals surface area contributed by atoms with Crippen LogP contribution in [0.4, 0.5) is 5.82 Å². The van der Waals surface area contributed by atoms with Crippen LogP contribution in [0.5, 0.6) is 0 Å². The highest BCUT2D eigenvalue weighted by molar-refractivity contribution is 5.82. The van der Waals surface area contributed by atoms with Gasteiger partial charge in [-0.1, -0.05) is 30.3 Å². The first kappa shape index (κ1) is 16.4. The Morgan fingerprint density at radius 1 is 1.25 bits per heavy atom. The number of hydrogen-bond donors (Lipinski definition) is 1. The van der Waals surface area contributed by atoms with Gasteiger partial charge >= 0.3 is 0 Å². The predicted molar refractivity (Wildman–Crippen MR) is 91.6 cm³/mol. The molecule has 1 unspecified atom stereocenters. The lowest BCUT2D eigenvalue weighted by Gasteiger charge is -2.33. The van der Waals surface area contributed by atoms with Crippen LogP contribution in [0.1, 0.15) is 24.5 Å². The average Bonchev–Trinajstić information content (AvgIpc) is 2.64. The predicted octanol–water partition coefficient (Wildman–Crippen LogP) is 1.95. The van der Waals surface area contributed by atoms with Crippen molar-refractivity contribution in [3.8, 4) is 0 Å². The molecule has 1 aromatic carbocycles. The van der Waals surface area contributed by atoms with Crippen LogP contribution in [0.3, 0.4) is 0 Å². The number of nitrogens with one attached hydrogen (secondary N) is 1. The third kappa shape index (κ3) is 3.89. The van der Waals surface area contributed by atoms with Crippen molar-refractivity contribution in [3.63, 3.8) is 0 Å². The summed E-state index contributed by atoms with van der Waals surface area (Å²) in [5, 5.41) is 3.11. The quantitative estimate of drug-likeness (QED) is 0.909. The molecule has 0 aliphatic carbocycles. The van der Waals surface area contributed by atoms with Crippen molar-refractivity contribution in [1.82, 2.24) is 15.3 Å². The largest absolute Gasteiger partial charge is 0.367 e. The summed E-state index contributed by atoms with van der Waals surface area (Å²) >= 11 is 0. The number of rotatable bonds is 5. The molecule has 1 aliphatic heterocycles. The van der Waals surface area contributed by atoms with E-state index in [1.807, 2.05) is 30.3 Å². The fraction of sp³-hybridized carbons (Fsp3) is 0.389. The molecule has 6 nitrogen and oxygen atoms in total. The van der Waals surface area contributed by atoms with Gasteiger partial charge in [0.2, 0.25) is 0 Å². The molecular weight excluding hydrogens is 304 g/mol. The highest BCUT2D eigenvalue weighted by Gasteiger charge is 2.26. The monoisotopic (exact) mass is 326 g/mol. The van der Waals surface area contributed by atoms with Crippen LogP contribution in [0, 0.1) is 0 Å². The molecule has 2 aromatic rings. The van der Waals surface area contributed by atoms with Crippen LogP contribution in [-0.2, 0) is 9.53 Å². The minimum atomic E-state index is -0.566. The van der Waals surface area contributed by atoms with Gasteiger partial charge in [0.25, 0.3) is 5.91 Å². The molecule has 126 valence electrons. The van der Waals surface area contributed by atoms with E-state index in [0.717, 1.165) is 37.3 Å². The molecule has 1 N–H and O–H groups in total. The molecule has 1 aromatic heterocycles. The zero-order valence-corrected chi connectivity index (χ0v) is 13.8. The van der Waals surface area contributed by atoms with Gasteiger partial charge < -0.3 is 15.0 Å². The van der Waals surface area contributed by atoms with Crippen molar-refractivity contribution in [2.45, 2.75) is 25.0 Å². The standard InChI is InChI=1S/C18H22N4O2/c1-24-17(14-5-3-2-4-6-14)18(23)21-15-7-11-22(12-8-15)16-13-19-9-10-20-16/h2-6,9-10,13,15,17H,7-8,11-12H2,1H3,(H,21,23). The summed E-state index contributed by atoms with van der Waals surface area (Å²) < 4.78 is 5.39. The summed E-state index contributed by atoms with van der Waals surface area (Å²) in [5.41, 5.74) is 0.870. The van der Waals surface area contributed by atoms with Crippen LogP contribution < -0.4 is 10.2 Å². The highest BCUT2D eigenvalue weighted by Crippen LogP contribution is 2.20. The molecule has 0 spiro atoms. The lowest BCUT2D eigenvalue weighted by Crippen LogP contribution is -2.46. The van der Waals surface area contributed by atoms with Crippen molar-refractivity contribution in [2.75, 3.05) is 25.1 Å². The van der Waals surface area contributed by atoms with Gasteiger partial charge in [-0.15, -0.1) is 0 Å². The molecule has 0 saturated carbocycles. The fourth-order valence-electron chi connectivity index (χ4n) is 3.01. The number of hydrogen-bond acceptors (Lipinski definition) is 5. The molecule has 1 fully saturated rings. The first-order valence-corrected chi connectivity index (χ1v) is 8.17. The minimum absolute atomic E-state index is 0.0818. The number of benzene rings is 1. The highest BCUT2D eigenvalue weighted by atomic mass is 16.5. The zero-order chi connectivity index (χ0) is 16.8. The summed E-state index contributed by atoms with van der Waals surface area (Å²) in [6, 6.07) is 9.72. The first-order valence-electron chi connectivity index (χ1n) is 8.17. The zero-order valence-electron chi connectivity index (χ0n) is 13.8. The second kappa shape index (κ2) is 7.88. The Balaban J connectivity index is 1.55. The molecule has 0 bridgehead atoms. The molecular formula is C18H22N4O2. The van der Waals surface area contributed by atoms with Crippen molar-refractivity contribution in [1.29, 1.82) is 0 Å². The molecule has 24 heavy (non-hydrogen) atoms. The molecule has 1 aliphatic rings. The lowest BCUT2D eigenvalue weighted by atomic mass is 10.0. The second-order valence-corrected chi connectivity index (χ2v) is 5.86. The van der Waals surface area contributed by atoms with Gasteiger partial charge in [0.1, 0.15) is 5.82 Å². The first-order chi connectivity index (χ1) is 11.8. The molecule has 6 heteroatoms. The summed E-state index contributed by atoms with van der Waals surface area (Å²) in [5.74, 6) is 0.808. The number of carbonyl (C=O) groups is 1. The van der Waals surface area contributed by atoms with Gasteiger partial charge in [0, 0.05) is 38.6 Å². The Labute approximate surface area is 141 Å². The Morgan fingerprint density at radius 2 is 2.00 bits per heavy atom. The Hall–Kier alpha value is -2.47. The number of piperidine rings is 1. The Kier molecular flexibility index (Phi) is 5.38. The van der Waals surface area contributed by atoms with E-state index in [2.05, 4.69) is 20.2 Å². The number of anilines is 1. The SMILES string of the molecule is COC(C(=O)NC1CCN(c2cnccn2)CC1)c1ccccc1. The van der Waals surface area contributed by atoms with Gasteiger partial charge in [-0.25, -0.2) is 4.98 Å². The van der Waals surface area contributed by atoms with E-state index in [4.69, 9.17) is 4.74 Å². The maximum Gasteiger partial charge on any atom is 0.253 e. The molecule has 3 rings (SSSR count). The van der Waals surface area contributed by atoms with Crippen LogP contribution in [0.15, 0.2) is 48.9 Å². The number of ether oxygens (including phenoxy) is 1. The van der Waals surface area contributed by atoms with Crippen LogP contribution in [-0.4, -0.2) is 42.1 Å². The van der Waals surface area contributed by atoms with E-state index >= 15 is 0 Å². The van der Waals surface area contributed by atoms with Gasteiger partial charge in [0.05, 0.1) is 6.20 Å². The van der Waals surface area contributed by atoms with Crippen molar-refractivity contribution in [3.05, 3.63) is 54.5 Å². The van der Waals surface area contributed by atoms with Gasteiger partial charge in [0.15, 0.2) is 6.10 Å². The van der Waals surface area contributed by atoms with Crippen LogP contribution >= 0.6 is 0 Å². The molecule has 1 atom stereocenters. The summed E-state index contributed by atoms with van der Waals surface area (Å²) in [6.45, 7) is 1.71. The fourth-order valence-corrected chi connectivity index (χ4v) is 3.01. The van der Waals surface area contributed by atoms with Gasteiger partial charge in [-0.3, -0.25) is 9.78 Å². The topological polar surface area (TPSA) is 67.3 Å². The van der Waals surface area contributed by atoms with Crippen LogP contribution in [0.25, 0.3) is 0 Å². The maximum atomic E-state index is 12.5. The van der Waals surface area contributed by atoms with E-state index in [-0.39, 0.29) is 11.9 Å². The van der Waals surface area contributed by atoms with Gasteiger partial charge in [-0.2, -0.15) is 0 Å². The van der Waals surface area contributed by atoms with Crippen molar-refractivity contribution >= 4 is 11.7 Å². The van der Waals surface area contributed by atoms with E-state index in [1.165, 1.54) is 0 Å². The summed E-state index contributed by atoms with van der Waals surface area (Å²) in [7, 11) is 1.56. The number of aromatic nitrogens is 2. The van der Waals surface area contributed by atoms with Crippen molar-refractivity contribution < 1.29 is 9.53 Å². The maximum absolute atomic E-state index is 12.5. The molecule has 2 heterocycles. The van der Waals surface area contributed by atoms with Crippen LogP contribution in [0.2, 0.25) is 0 Å². The molecule has 1 saturated heterocycles. The van der Waals surface area contributed by atoms with Gasteiger partial charge in [-0.05, 0) is 18.4 Å². The van der Waals surface area contributed by atoms with E-state index in [9.17, 15) is 4.79 Å². The van der Waals surface area contributed by atoms with E-state index in [0.29, 0.717) is 0 Å². The Morgan fingerprint density at radius 3 is 2.62 bits per heavy atom. The molecule has 0 radical (unpaired) electrons. The molecule has 1 amide bonds. The Bertz CT molecular complexity index is 643. The lowest BCUT2D eigenvalue weighted by molar-refractivity contribution is -0.132. The average molecular weight is 326 g/mol. The minimum Gasteiger partial charge on any atom is -0.367 e. The van der Waals surface area contributed by atoms with E-state index in [1.54, 1.807) is 25.7 Å². The van der Waals surface area contributed by atoms with Crippen molar-refractivity contribution in [2.24, 2.45) is 0 Å².